The molecule has 1 aromatic rings. The second-order valence-corrected chi connectivity index (χ2v) is 5.42. The van der Waals surface area contributed by atoms with E-state index in [1.54, 1.807) is 12.1 Å². The Kier molecular flexibility index (Phi) is 3.91. The van der Waals surface area contributed by atoms with Gasteiger partial charge in [0, 0.05) is 44.0 Å². The van der Waals surface area contributed by atoms with Gasteiger partial charge in [0.1, 0.15) is 5.54 Å². The van der Waals surface area contributed by atoms with Gasteiger partial charge >= 0.3 is 0 Å². The van der Waals surface area contributed by atoms with Crippen molar-refractivity contribution in [1.82, 2.24) is 4.90 Å². The number of non-ortho nitro benzene ring substituents is 1. The van der Waals surface area contributed by atoms with E-state index >= 15 is 0 Å². The Morgan fingerprint density at radius 2 is 1.75 bits per heavy atom. The first-order valence-electron chi connectivity index (χ1n) is 6.60. The van der Waals surface area contributed by atoms with Gasteiger partial charge in [-0.1, -0.05) is 0 Å². The van der Waals surface area contributed by atoms with Crippen LogP contribution >= 0.6 is 0 Å². The third kappa shape index (κ3) is 2.89. The maximum atomic E-state index is 10.6. The Bertz CT molecular complexity index is 525. The largest absolute Gasteiger partial charge is 0.369 e. The summed E-state index contributed by atoms with van der Waals surface area (Å²) >= 11 is 0. The number of hydrogen-bond donors (Lipinski definition) is 0. The monoisotopic (exact) mass is 274 g/mol. The van der Waals surface area contributed by atoms with E-state index in [2.05, 4.69) is 15.9 Å². The predicted octanol–water partition coefficient (Wildman–Crippen LogP) is 2.02. The van der Waals surface area contributed by atoms with Gasteiger partial charge in [0.05, 0.1) is 11.0 Å². The van der Waals surface area contributed by atoms with Gasteiger partial charge in [-0.3, -0.25) is 15.0 Å². The highest BCUT2D eigenvalue weighted by molar-refractivity contribution is 5.51. The molecule has 6 heteroatoms. The van der Waals surface area contributed by atoms with Crippen LogP contribution in [0.2, 0.25) is 0 Å². The summed E-state index contributed by atoms with van der Waals surface area (Å²) in [7, 11) is 0. The van der Waals surface area contributed by atoms with E-state index in [4.69, 9.17) is 5.26 Å². The molecule has 20 heavy (non-hydrogen) atoms. The number of benzene rings is 1. The number of nitro groups is 1. The lowest BCUT2D eigenvalue weighted by Gasteiger charge is -2.41. The van der Waals surface area contributed by atoms with Crippen molar-refractivity contribution in [3.05, 3.63) is 34.4 Å². The minimum Gasteiger partial charge on any atom is -0.369 e. The Balaban J connectivity index is 2.01. The zero-order valence-corrected chi connectivity index (χ0v) is 11.7. The van der Waals surface area contributed by atoms with Crippen LogP contribution in [0.25, 0.3) is 0 Å². The van der Waals surface area contributed by atoms with Crippen LogP contribution in [0.3, 0.4) is 0 Å². The van der Waals surface area contributed by atoms with Gasteiger partial charge in [-0.15, -0.1) is 0 Å². The molecule has 0 bridgehead atoms. The summed E-state index contributed by atoms with van der Waals surface area (Å²) in [5.41, 5.74) is 0.657. The lowest BCUT2D eigenvalue weighted by atomic mass is 10.0. The average molecular weight is 274 g/mol. The Labute approximate surface area is 118 Å². The molecule has 0 N–H and O–H groups in total. The van der Waals surface area contributed by atoms with E-state index in [0.717, 1.165) is 31.9 Å². The van der Waals surface area contributed by atoms with Crippen molar-refractivity contribution in [1.29, 1.82) is 5.26 Å². The molecule has 0 spiro atoms. The second kappa shape index (κ2) is 5.47. The van der Waals surface area contributed by atoms with Crippen LogP contribution in [0.15, 0.2) is 24.3 Å². The van der Waals surface area contributed by atoms with E-state index in [-0.39, 0.29) is 5.69 Å². The molecule has 1 fully saturated rings. The van der Waals surface area contributed by atoms with Crippen LogP contribution < -0.4 is 4.90 Å². The molecule has 1 aliphatic rings. The standard InChI is InChI=1S/C14H18N4O2/c1-14(2,11-15)17-9-7-16(8-10-17)12-3-5-13(6-4-12)18(19)20/h3-6H,7-10H2,1-2H3. The maximum Gasteiger partial charge on any atom is 0.269 e. The number of nitro benzene ring substituents is 1. The molecule has 1 saturated heterocycles. The summed E-state index contributed by atoms with van der Waals surface area (Å²) in [6.07, 6.45) is 0. The molecule has 0 amide bonds. The van der Waals surface area contributed by atoms with Crippen molar-refractivity contribution in [3.8, 4) is 6.07 Å². The topological polar surface area (TPSA) is 73.4 Å². The summed E-state index contributed by atoms with van der Waals surface area (Å²) in [6.45, 7) is 7.13. The van der Waals surface area contributed by atoms with E-state index in [1.807, 2.05) is 13.8 Å². The fourth-order valence-electron chi connectivity index (χ4n) is 2.38. The molecule has 6 nitrogen and oxygen atoms in total. The van der Waals surface area contributed by atoms with Crippen molar-refractivity contribution in [2.45, 2.75) is 19.4 Å². The van der Waals surface area contributed by atoms with E-state index < -0.39 is 10.5 Å². The predicted molar refractivity (Wildman–Crippen MR) is 76.6 cm³/mol. The number of rotatable bonds is 3. The lowest BCUT2D eigenvalue weighted by Crippen LogP contribution is -2.54. The molecular formula is C14H18N4O2. The maximum absolute atomic E-state index is 10.6. The van der Waals surface area contributed by atoms with Crippen LogP contribution in [0.5, 0.6) is 0 Å². The summed E-state index contributed by atoms with van der Waals surface area (Å²) in [6, 6.07) is 8.94. The molecule has 106 valence electrons. The molecule has 2 rings (SSSR count). The first kappa shape index (κ1) is 14.3. The summed E-state index contributed by atoms with van der Waals surface area (Å²) in [4.78, 5) is 14.6. The first-order valence-corrected chi connectivity index (χ1v) is 6.60. The fourth-order valence-corrected chi connectivity index (χ4v) is 2.38. The number of nitriles is 1. The minimum atomic E-state index is -0.443. The normalized spacial score (nSPS) is 16.8. The van der Waals surface area contributed by atoms with Crippen LogP contribution in [-0.4, -0.2) is 41.5 Å². The number of piperazine rings is 1. The fraction of sp³-hybridized carbons (Fsp3) is 0.500. The van der Waals surface area contributed by atoms with Gasteiger partial charge in [0.15, 0.2) is 0 Å². The second-order valence-electron chi connectivity index (χ2n) is 5.42. The Hall–Kier alpha value is -2.13. The third-order valence-electron chi connectivity index (χ3n) is 3.77. The Morgan fingerprint density at radius 1 is 1.20 bits per heavy atom. The lowest BCUT2D eigenvalue weighted by molar-refractivity contribution is -0.384. The van der Waals surface area contributed by atoms with Crippen molar-refractivity contribution in [3.63, 3.8) is 0 Å². The summed E-state index contributed by atoms with van der Waals surface area (Å²) in [5, 5.41) is 19.8. The zero-order valence-electron chi connectivity index (χ0n) is 11.7. The summed E-state index contributed by atoms with van der Waals surface area (Å²) in [5.74, 6) is 0. The van der Waals surface area contributed by atoms with Crippen molar-refractivity contribution < 1.29 is 4.92 Å². The highest BCUT2D eigenvalue weighted by Crippen LogP contribution is 2.22. The Morgan fingerprint density at radius 3 is 2.20 bits per heavy atom. The van der Waals surface area contributed by atoms with Gasteiger partial charge in [-0.05, 0) is 26.0 Å². The SMILES string of the molecule is CC(C)(C#N)N1CCN(c2ccc([N+](=O)[O-])cc2)CC1. The molecule has 0 atom stereocenters. The highest BCUT2D eigenvalue weighted by atomic mass is 16.6. The molecular weight excluding hydrogens is 256 g/mol. The van der Waals surface area contributed by atoms with Gasteiger partial charge in [0.2, 0.25) is 0 Å². The summed E-state index contributed by atoms with van der Waals surface area (Å²) < 4.78 is 0. The molecule has 0 aromatic heterocycles. The highest BCUT2D eigenvalue weighted by Gasteiger charge is 2.29. The average Bonchev–Trinajstić information content (AvgIpc) is 2.47. The van der Waals surface area contributed by atoms with Crippen LogP contribution in [0.1, 0.15) is 13.8 Å². The van der Waals surface area contributed by atoms with E-state index in [9.17, 15) is 10.1 Å². The van der Waals surface area contributed by atoms with Crippen LogP contribution in [-0.2, 0) is 0 Å². The van der Waals surface area contributed by atoms with E-state index in [0.29, 0.717) is 0 Å². The van der Waals surface area contributed by atoms with E-state index in [1.165, 1.54) is 12.1 Å². The number of hydrogen-bond acceptors (Lipinski definition) is 5. The first-order chi connectivity index (χ1) is 9.44. The molecule has 0 saturated carbocycles. The van der Waals surface area contributed by atoms with Crippen molar-refractivity contribution in [2.75, 3.05) is 31.1 Å². The third-order valence-corrected chi connectivity index (χ3v) is 3.77. The molecule has 1 aromatic carbocycles. The van der Waals surface area contributed by atoms with Crippen LogP contribution in [0, 0.1) is 21.4 Å². The molecule has 0 aliphatic carbocycles. The molecule has 0 unspecified atom stereocenters. The number of nitrogens with zero attached hydrogens (tertiary/aromatic N) is 4. The van der Waals surface area contributed by atoms with Gasteiger partial charge in [-0.25, -0.2) is 0 Å². The van der Waals surface area contributed by atoms with Gasteiger partial charge in [0.25, 0.3) is 5.69 Å². The van der Waals surface area contributed by atoms with Crippen molar-refractivity contribution >= 4 is 11.4 Å². The quantitative estimate of drug-likeness (QED) is 0.622. The van der Waals surface area contributed by atoms with Crippen molar-refractivity contribution in [2.24, 2.45) is 0 Å². The molecule has 1 aliphatic heterocycles. The van der Waals surface area contributed by atoms with Crippen LogP contribution in [0.4, 0.5) is 11.4 Å². The number of anilines is 1. The smallest absolute Gasteiger partial charge is 0.269 e. The van der Waals surface area contributed by atoms with Gasteiger partial charge < -0.3 is 4.90 Å². The zero-order chi connectivity index (χ0) is 14.8. The molecule has 0 radical (unpaired) electrons. The molecule has 1 heterocycles. The minimum absolute atomic E-state index is 0.109. The van der Waals surface area contributed by atoms with Gasteiger partial charge in [-0.2, -0.15) is 5.26 Å².